The molecule has 2 unspecified atom stereocenters. The van der Waals surface area contributed by atoms with Crippen molar-refractivity contribution in [3.05, 3.63) is 71.5 Å². The van der Waals surface area contributed by atoms with Crippen LogP contribution >= 0.6 is 0 Å². The van der Waals surface area contributed by atoms with Crippen LogP contribution in [0.2, 0.25) is 0 Å². The molecule has 1 saturated heterocycles. The third-order valence-electron chi connectivity index (χ3n) is 5.56. The maximum Gasteiger partial charge on any atom is 0.161 e. The highest BCUT2D eigenvalue weighted by Crippen LogP contribution is 2.38. The first-order valence-corrected chi connectivity index (χ1v) is 9.52. The fraction of sp³-hybridized carbons (Fsp3) is 0.364. The maximum absolute atomic E-state index is 5.78. The van der Waals surface area contributed by atoms with Gasteiger partial charge in [-0.3, -0.25) is 4.90 Å². The van der Waals surface area contributed by atoms with E-state index in [9.17, 15) is 0 Å². The fourth-order valence-electron chi connectivity index (χ4n) is 4.28. The molecule has 1 N–H and O–H groups in total. The summed E-state index contributed by atoms with van der Waals surface area (Å²) in [7, 11) is 0. The summed E-state index contributed by atoms with van der Waals surface area (Å²) in [6, 6.07) is 7.22. The molecule has 0 saturated carbocycles. The lowest BCUT2D eigenvalue weighted by Crippen LogP contribution is -2.31. The van der Waals surface area contributed by atoms with Gasteiger partial charge >= 0.3 is 0 Å². The Hall–Kier alpha value is -2.46. The minimum absolute atomic E-state index is 0.330. The zero-order valence-corrected chi connectivity index (χ0v) is 14.9. The van der Waals surface area contributed by atoms with Gasteiger partial charge in [-0.15, -0.1) is 0 Å². The van der Waals surface area contributed by atoms with Crippen molar-refractivity contribution in [3.8, 4) is 11.5 Å². The van der Waals surface area contributed by atoms with Crippen LogP contribution < -0.4 is 14.8 Å². The Morgan fingerprint density at radius 3 is 3.00 bits per heavy atom. The summed E-state index contributed by atoms with van der Waals surface area (Å²) in [4.78, 5) is 2.58. The highest BCUT2D eigenvalue weighted by Gasteiger charge is 2.28. The molecular weight excluding hydrogens is 324 g/mol. The predicted molar refractivity (Wildman–Crippen MR) is 102 cm³/mol. The van der Waals surface area contributed by atoms with Crippen LogP contribution in [-0.4, -0.2) is 37.2 Å². The van der Waals surface area contributed by atoms with E-state index in [1.165, 1.54) is 29.6 Å². The molecule has 1 aliphatic carbocycles. The maximum atomic E-state index is 5.78. The van der Waals surface area contributed by atoms with Crippen LogP contribution in [0.3, 0.4) is 0 Å². The van der Waals surface area contributed by atoms with Gasteiger partial charge in [0.25, 0.3) is 0 Å². The number of nitrogens with one attached hydrogen (secondary N) is 1. The van der Waals surface area contributed by atoms with E-state index in [2.05, 4.69) is 65.0 Å². The van der Waals surface area contributed by atoms with Crippen molar-refractivity contribution in [2.75, 3.05) is 26.3 Å². The molecule has 3 aliphatic heterocycles. The molecule has 5 rings (SSSR count). The van der Waals surface area contributed by atoms with Gasteiger partial charge in [0.15, 0.2) is 11.5 Å². The lowest BCUT2D eigenvalue weighted by atomic mass is 9.96. The second-order valence-corrected chi connectivity index (χ2v) is 7.28. The number of likely N-dealkylation sites (tertiary alicyclic amines) is 1. The molecular formula is C22H24N2O2. The quantitative estimate of drug-likeness (QED) is 0.906. The lowest BCUT2D eigenvalue weighted by molar-refractivity contribution is 0.171. The number of hydrogen-bond acceptors (Lipinski definition) is 4. The molecule has 1 aromatic rings. The number of dihydropyridines is 1. The summed E-state index contributed by atoms with van der Waals surface area (Å²) in [6.07, 6.45) is 15.6. The van der Waals surface area contributed by atoms with Crippen LogP contribution in [0.15, 0.2) is 65.9 Å². The number of rotatable bonds is 3. The van der Waals surface area contributed by atoms with Gasteiger partial charge in [-0.05, 0) is 48.2 Å². The third kappa shape index (κ3) is 2.95. The van der Waals surface area contributed by atoms with Gasteiger partial charge in [0.1, 0.15) is 13.2 Å². The number of nitrogens with zero attached hydrogens (tertiary/aromatic N) is 1. The molecule has 4 nitrogen and oxygen atoms in total. The molecule has 3 heterocycles. The lowest BCUT2D eigenvalue weighted by Gasteiger charge is -2.29. The zero-order valence-electron chi connectivity index (χ0n) is 14.9. The van der Waals surface area contributed by atoms with E-state index in [1.54, 1.807) is 0 Å². The Kier molecular flexibility index (Phi) is 4.06. The van der Waals surface area contributed by atoms with Gasteiger partial charge in [-0.2, -0.15) is 0 Å². The first-order valence-electron chi connectivity index (χ1n) is 9.52. The Labute approximate surface area is 154 Å². The van der Waals surface area contributed by atoms with E-state index >= 15 is 0 Å². The van der Waals surface area contributed by atoms with Crippen molar-refractivity contribution in [2.24, 2.45) is 0 Å². The molecule has 0 spiro atoms. The minimum atomic E-state index is 0.330. The minimum Gasteiger partial charge on any atom is -0.486 e. The van der Waals surface area contributed by atoms with Crippen LogP contribution in [-0.2, 0) is 0 Å². The predicted octanol–water partition coefficient (Wildman–Crippen LogP) is 3.50. The van der Waals surface area contributed by atoms with Crippen LogP contribution in [0.25, 0.3) is 0 Å². The molecule has 1 fully saturated rings. The Balaban J connectivity index is 1.33. The highest BCUT2D eigenvalue weighted by atomic mass is 16.6. The van der Waals surface area contributed by atoms with Gasteiger partial charge < -0.3 is 14.8 Å². The van der Waals surface area contributed by atoms with E-state index in [0.29, 0.717) is 25.3 Å². The van der Waals surface area contributed by atoms with Crippen molar-refractivity contribution in [2.45, 2.75) is 24.9 Å². The monoisotopic (exact) mass is 348 g/mol. The summed E-state index contributed by atoms with van der Waals surface area (Å²) in [5.74, 6) is 1.76. The molecule has 134 valence electrons. The average molecular weight is 348 g/mol. The molecule has 0 radical (unpaired) electrons. The smallest absolute Gasteiger partial charge is 0.161 e. The standard InChI is InChI=1S/C22H24N2O2/c1-2-5-19-17(4-1)12-16(14-23-19)15-24-9-3-6-20(24)18-7-8-21-22(13-18)26-11-10-25-21/h1-2,4-5,7-8,12-14,19-20,23H,3,6,9-11,15H2. The van der Waals surface area contributed by atoms with Crippen molar-refractivity contribution < 1.29 is 9.47 Å². The van der Waals surface area contributed by atoms with E-state index in [0.717, 1.165) is 24.6 Å². The molecule has 4 aliphatic rings. The van der Waals surface area contributed by atoms with E-state index in [1.807, 2.05) is 0 Å². The van der Waals surface area contributed by atoms with Gasteiger partial charge in [0.2, 0.25) is 0 Å². The van der Waals surface area contributed by atoms with Crippen LogP contribution in [0.1, 0.15) is 24.4 Å². The first-order chi connectivity index (χ1) is 12.9. The second-order valence-electron chi connectivity index (χ2n) is 7.28. The fourth-order valence-corrected chi connectivity index (χ4v) is 4.28. The van der Waals surface area contributed by atoms with Crippen LogP contribution in [0.5, 0.6) is 11.5 Å². The van der Waals surface area contributed by atoms with Crippen LogP contribution in [0, 0.1) is 0 Å². The highest BCUT2D eigenvalue weighted by molar-refractivity contribution is 5.46. The Morgan fingerprint density at radius 2 is 2.04 bits per heavy atom. The van der Waals surface area contributed by atoms with Crippen molar-refractivity contribution in [3.63, 3.8) is 0 Å². The normalized spacial score (nSPS) is 26.8. The Bertz CT molecular complexity index is 821. The number of fused-ring (bicyclic) bond motifs is 2. The first kappa shape index (κ1) is 15.8. The summed E-state index contributed by atoms with van der Waals surface area (Å²) in [5, 5.41) is 3.51. The summed E-state index contributed by atoms with van der Waals surface area (Å²) in [5.41, 5.74) is 4.03. The molecule has 4 heteroatoms. The third-order valence-corrected chi connectivity index (χ3v) is 5.56. The molecule has 1 aromatic carbocycles. The van der Waals surface area contributed by atoms with Gasteiger partial charge in [0.05, 0.1) is 6.04 Å². The second kappa shape index (κ2) is 6.69. The number of allylic oxidation sites excluding steroid dienone is 2. The topological polar surface area (TPSA) is 33.7 Å². The number of benzene rings is 1. The SMILES string of the molecule is C1=CC2=CC(CN3CCCC3c3ccc4c(c3)OCCO4)=CNC2C=C1. The largest absolute Gasteiger partial charge is 0.486 e. The van der Waals surface area contributed by atoms with Crippen molar-refractivity contribution in [1.29, 1.82) is 0 Å². The summed E-state index contributed by atoms with van der Waals surface area (Å²) < 4.78 is 11.4. The molecule has 0 aromatic heterocycles. The van der Waals surface area contributed by atoms with E-state index in [4.69, 9.17) is 9.47 Å². The molecule has 0 amide bonds. The summed E-state index contributed by atoms with van der Waals surface area (Å²) in [6.45, 7) is 3.39. The molecule has 2 atom stereocenters. The summed E-state index contributed by atoms with van der Waals surface area (Å²) >= 11 is 0. The van der Waals surface area contributed by atoms with Gasteiger partial charge in [0, 0.05) is 18.8 Å². The average Bonchev–Trinajstić information content (AvgIpc) is 3.15. The molecule has 26 heavy (non-hydrogen) atoms. The van der Waals surface area contributed by atoms with Gasteiger partial charge in [-0.25, -0.2) is 0 Å². The number of ether oxygens (including phenoxy) is 2. The van der Waals surface area contributed by atoms with E-state index < -0.39 is 0 Å². The number of hydrogen-bond donors (Lipinski definition) is 1. The van der Waals surface area contributed by atoms with Gasteiger partial charge in [-0.1, -0.05) is 36.4 Å². The van der Waals surface area contributed by atoms with E-state index in [-0.39, 0.29) is 0 Å². The van der Waals surface area contributed by atoms with Crippen LogP contribution in [0.4, 0.5) is 0 Å². The Morgan fingerprint density at radius 1 is 1.12 bits per heavy atom. The zero-order chi connectivity index (χ0) is 17.3. The van der Waals surface area contributed by atoms with Crippen molar-refractivity contribution in [1.82, 2.24) is 10.2 Å². The van der Waals surface area contributed by atoms with Crippen molar-refractivity contribution >= 4 is 0 Å². The molecule has 0 bridgehead atoms.